The van der Waals surface area contributed by atoms with E-state index in [1.54, 1.807) is 0 Å². The minimum atomic E-state index is 1.10. The van der Waals surface area contributed by atoms with Crippen molar-refractivity contribution in [1.29, 1.82) is 0 Å². The molecule has 0 saturated carbocycles. The highest BCUT2D eigenvalue weighted by Gasteiger charge is 2.21. The topological polar surface area (TPSA) is 3.24 Å². The quantitative estimate of drug-likeness (QED) is 0.160. The first-order valence-corrected chi connectivity index (χ1v) is 19.2. The largest absolute Gasteiger partial charge is 0.309 e. The maximum atomic E-state index is 2.45. The molecular formula is C52H35NS. The Morgan fingerprint density at radius 1 is 0.296 bits per heavy atom. The second kappa shape index (κ2) is 13.7. The first kappa shape index (κ1) is 32.0. The summed E-state index contributed by atoms with van der Waals surface area (Å²) < 4.78 is 2.65. The molecule has 0 spiro atoms. The number of benzene rings is 9. The molecule has 1 aromatic heterocycles. The second-order valence-electron chi connectivity index (χ2n) is 13.7. The summed E-state index contributed by atoms with van der Waals surface area (Å²) in [6.07, 6.45) is 0. The number of hydrogen-bond acceptors (Lipinski definition) is 2. The van der Waals surface area contributed by atoms with Crippen LogP contribution in [0.4, 0.5) is 17.1 Å². The van der Waals surface area contributed by atoms with Crippen LogP contribution >= 0.6 is 11.3 Å². The van der Waals surface area contributed by atoms with Crippen LogP contribution in [-0.2, 0) is 0 Å². The van der Waals surface area contributed by atoms with Gasteiger partial charge in [-0.25, -0.2) is 0 Å². The highest BCUT2D eigenvalue weighted by molar-refractivity contribution is 7.26. The van der Waals surface area contributed by atoms with Crippen molar-refractivity contribution < 1.29 is 0 Å². The summed E-state index contributed by atoms with van der Waals surface area (Å²) in [6.45, 7) is 0. The molecule has 10 aromatic rings. The Hall–Kier alpha value is -6.74. The Morgan fingerprint density at radius 2 is 0.796 bits per heavy atom. The standard InChI is InChI=1S/C52H35NS/c1-2-14-36(15-3-1)37-28-30-39(31-29-37)43-19-6-9-25-49(43)53(50-26-10-7-20-46(50)45-23-12-17-38-16-4-5-18-42(38)45)41-34-32-40(33-35-41)44-22-13-24-48-47-21-8-11-27-51(47)54-52(44)48/h1-35H. The van der Waals surface area contributed by atoms with Gasteiger partial charge < -0.3 is 4.90 Å². The molecule has 0 bridgehead atoms. The molecule has 0 amide bonds. The highest BCUT2D eigenvalue weighted by Crippen LogP contribution is 2.47. The van der Waals surface area contributed by atoms with Gasteiger partial charge in [-0.05, 0) is 74.5 Å². The van der Waals surface area contributed by atoms with Gasteiger partial charge in [-0.1, -0.05) is 182 Å². The van der Waals surface area contributed by atoms with Crippen molar-refractivity contribution in [2.75, 3.05) is 4.90 Å². The Balaban J connectivity index is 1.15. The Bertz CT molecular complexity index is 2920. The lowest BCUT2D eigenvalue weighted by Crippen LogP contribution is -2.12. The van der Waals surface area contributed by atoms with Crippen molar-refractivity contribution in [3.8, 4) is 44.5 Å². The number of thiophene rings is 1. The van der Waals surface area contributed by atoms with E-state index in [1.165, 1.54) is 75.5 Å². The van der Waals surface area contributed by atoms with Crippen LogP contribution in [0.5, 0.6) is 0 Å². The van der Waals surface area contributed by atoms with Gasteiger partial charge in [0, 0.05) is 37.0 Å². The van der Waals surface area contributed by atoms with E-state index in [2.05, 4.69) is 217 Å². The van der Waals surface area contributed by atoms with Crippen LogP contribution in [0.25, 0.3) is 75.5 Å². The molecular weight excluding hydrogens is 671 g/mol. The number of rotatable bonds is 7. The Kier molecular flexibility index (Phi) is 8.09. The van der Waals surface area contributed by atoms with Crippen molar-refractivity contribution in [1.82, 2.24) is 0 Å². The molecule has 0 aliphatic heterocycles. The van der Waals surface area contributed by atoms with Crippen LogP contribution < -0.4 is 4.90 Å². The summed E-state index contributed by atoms with van der Waals surface area (Å²) in [6, 6.07) is 77.1. The molecule has 254 valence electrons. The molecule has 54 heavy (non-hydrogen) atoms. The summed E-state index contributed by atoms with van der Waals surface area (Å²) in [5.41, 5.74) is 13.0. The third kappa shape index (κ3) is 5.65. The number of nitrogens with zero attached hydrogens (tertiary/aromatic N) is 1. The number of fused-ring (bicyclic) bond motifs is 4. The summed E-state index contributed by atoms with van der Waals surface area (Å²) in [4.78, 5) is 2.45. The molecule has 0 aliphatic rings. The zero-order chi connectivity index (χ0) is 35.8. The van der Waals surface area contributed by atoms with E-state index in [9.17, 15) is 0 Å². The molecule has 0 atom stereocenters. The zero-order valence-electron chi connectivity index (χ0n) is 29.6. The monoisotopic (exact) mass is 705 g/mol. The normalized spacial score (nSPS) is 11.3. The van der Waals surface area contributed by atoms with E-state index >= 15 is 0 Å². The van der Waals surface area contributed by atoms with E-state index in [4.69, 9.17) is 0 Å². The van der Waals surface area contributed by atoms with Gasteiger partial charge in [0.05, 0.1) is 11.4 Å². The summed E-state index contributed by atoms with van der Waals surface area (Å²) in [7, 11) is 0. The van der Waals surface area contributed by atoms with E-state index in [0.717, 1.165) is 17.1 Å². The van der Waals surface area contributed by atoms with Gasteiger partial charge >= 0.3 is 0 Å². The molecule has 10 rings (SSSR count). The SMILES string of the molecule is c1ccc(-c2ccc(-c3ccccc3N(c3ccc(-c4cccc5c4sc4ccccc45)cc3)c3ccccc3-c3cccc4ccccc34)cc2)cc1. The van der Waals surface area contributed by atoms with Gasteiger partial charge in [-0.3, -0.25) is 0 Å². The average molecular weight is 706 g/mol. The molecule has 1 heterocycles. The molecule has 0 aliphatic carbocycles. The Morgan fingerprint density at radius 3 is 1.61 bits per heavy atom. The predicted molar refractivity (Wildman–Crippen MR) is 233 cm³/mol. The fourth-order valence-electron chi connectivity index (χ4n) is 7.91. The number of anilines is 3. The minimum Gasteiger partial charge on any atom is -0.309 e. The molecule has 1 nitrogen and oxygen atoms in total. The van der Waals surface area contributed by atoms with Gasteiger partial charge in [-0.2, -0.15) is 0 Å². The predicted octanol–water partition coefficient (Wildman–Crippen LogP) is 15.3. The molecule has 0 radical (unpaired) electrons. The number of hydrogen-bond donors (Lipinski definition) is 0. The van der Waals surface area contributed by atoms with Crippen molar-refractivity contribution in [3.05, 3.63) is 212 Å². The maximum Gasteiger partial charge on any atom is 0.0540 e. The van der Waals surface area contributed by atoms with Crippen LogP contribution in [-0.4, -0.2) is 0 Å². The summed E-state index contributed by atoms with van der Waals surface area (Å²) >= 11 is 1.88. The second-order valence-corrected chi connectivity index (χ2v) is 14.7. The lowest BCUT2D eigenvalue weighted by Gasteiger charge is -2.30. The highest BCUT2D eigenvalue weighted by atomic mass is 32.1. The Labute approximate surface area is 319 Å². The van der Waals surface area contributed by atoms with Crippen LogP contribution in [0.1, 0.15) is 0 Å². The minimum absolute atomic E-state index is 1.10. The van der Waals surface area contributed by atoms with Crippen LogP contribution in [0.3, 0.4) is 0 Å². The van der Waals surface area contributed by atoms with E-state index in [-0.39, 0.29) is 0 Å². The molecule has 9 aromatic carbocycles. The van der Waals surface area contributed by atoms with Crippen molar-refractivity contribution in [2.24, 2.45) is 0 Å². The number of para-hydroxylation sites is 2. The van der Waals surface area contributed by atoms with E-state index < -0.39 is 0 Å². The zero-order valence-corrected chi connectivity index (χ0v) is 30.4. The smallest absolute Gasteiger partial charge is 0.0540 e. The van der Waals surface area contributed by atoms with Crippen molar-refractivity contribution in [2.45, 2.75) is 0 Å². The first-order chi connectivity index (χ1) is 26.8. The van der Waals surface area contributed by atoms with Crippen LogP contribution in [0.15, 0.2) is 212 Å². The molecule has 0 unspecified atom stereocenters. The molecule has 0 N–H and O–H groups in total. The average Bonchev–Trinajstić information content (AvgIpc) is 3.64. The van der Waals surface area contributed by atoms with Gasteiger partial charge in [0.25, 0.3) is 0 Å². The lowest BCUT2D eigenvalue weighted by atomic mass is 9.94. The van der Waals surface area contributed by atoms with E-state index in [1.807, 2.05) is 11.3 Å². The molecule has 0 saturated heterocycles. The van der Waals surface area contributed by atoms with Gasteiger partial charge in [0.15, 0.2) is 0 Å². The third-order valence-electron chi connectivity index (χ3n) is 10.5. The summed E-state index contributed by atoms with van der Waals surface area (Å²) in [5.74, 6) is 0. The van der Waals surface area contributed by atoms with Gasteiger partial charge in [0.2, 0.25) is 0 Å². The summed E-state index contributed by atoms with van der Waals surface area (Å²) in [5, 5.41) is 5.11. The van der Waals surface area contributed by atoms with Crippen LogP contribution in [0, 0.1) is 0 Å². The fraction of sp³-hybridized carbons (Fsp3) is 0. The van der Waals surface area contributed by atoms with E-state index in [0.29, 0.717) is 0 Å². The van der Waals surface area contributed by atoms with Crippen molar-refractivity contribution >= 4 is 59.3 Å². The van der Waals surface area contributed by atoms with Gasteiger partial charge in [0.1, 0.15) is 0 Å². The van der Waals surface area contributed by atoms with Gasteiger partial charge in [-0.15, -0.1) is 11.3 Å². The fourth-order valence-corrected chi connectivity index (χ4v) is 9.15. The van der Waals surface area contributed by atoms with Crippen LogP contribution in [0.2, 0.25) is 0 Å². The maximum absolute atomic E-state index is 2.45. The molecule has 2 heteroatoms. The first-order valence-electron chi connectivity index (χ1n) is 18.4. The molecule has 0 fully saturated rings. The lowest BCUT2D eigenvalue weighted by molar-refractivity contribution is 1.28. The van der Waals surface area contributed by atoms with Crippen molar-refractivity contribution in [3.63, 3.8) is 0 Å². The third-order valence-corrected chi connectivity index (χ3v) is 11.7.